The lowest BCUT2D eigenvalue weighted by Crippen LogP contribution is -2.14. The Morgan fingerprint density at radius 2 is 1.84 bits per heavy atom. The predicted octanol–water partition coefficient (Wildman–Crippen LogP) is 5.96. The molecule has 0 aliphatic heterocycles. The molecule has 2 aromatic carbocycles. The summed E-state index contributed by atoms with van der Waals surface area (Å²) >= 11 is 0. The number of aryl methyl sites for hydroxylation is 1. The number of hydrogen-bond donors (Lipinski definition) is 2. The molecule has 0 fully saturated rings. The maximum absolute atomic E-state index is 15.0. The second-order valence-corrected chi connectivity index (χ2v) is 8.20. The smallest absolute Gasteiger partial charge is 0.417 e. The second kappa shape index (κ2) is 10.2. The molecule has 3 N–H and O–H groups in total. The number of halogens is 4. The second-order valence-electron chi connectivity index (χ2n) is 8.20. The van der Waals surface area contributed by atoms with Crippen molar-refractivity contribution in [1.29, 1.82) is 0 Å². The fraction of sp³-hybridized carbons (Fsp3) is 0.115. The van der Waals surface area contributed by atoms with E-state index in [-0.39, 0.29) is 51.2 Å². The standard InChI is InChI=1S/C26H20F4N6O2/c1-13(2)24(37)36-16-5-6-17(18(11-16)26(28,29)30)22-21(23(31)34-12-33-22)15-4-7-20(19(27)10-15)38-25-32-9-8-14(3)35-25/h4-12H,1H2,2-3H3,(H,36,37)(H2,31,33,34). The molecule has 0 unspecified atom stereocenters. The number of hydrogen-bond acceptors (Lipinski definition) is 7. The Hall–Kier alpha value is -4.87. The molecular formula is C26H20F4N6O2. The molecule has 0 spiro atoms. The molecule has 12 heteroatoms. The summed E-state index contributed by atoms with van der Waals surface area (Å²) in [6, 6.07) is 8.49. The fourth-order valence-electron chi connectivity index (χ4n) is 3.50. The molecule has 4 rings (SSSR count). The van der Waals surface area contributed by atoms with Gasteiger partial charge in [-0.3, -0.25) is 4.79 Å². The number of benzene rings is 2. The Kier molecular flexibility index (Phi) is 7.06. The third kappa shape index (κ3) is 5.59. The van der Waals surface area contributed by atoms with Gasteiger partial charge in [-0.1, -0.05) is 18.7 Å². The van der Waals surface area contributed by atoms with Crippen molar-refractivity contribution in [3.05, 3.63) is 84.2 Å². The Balaban J connectivity index is 1.80. The molecule has 8 nitrogen and oxygen atoms in total. The molecule has 1 amide bonds. The molecular weight excluding hydrogens is 504 g/mol. The number of carbonyl (C=O) groups is 1. The molecule has 0 saturated heterocycles. The highest BCUT2D eigenvalue weighted by molar-refractivity contribution is 6.03. The SMILES string of the molecule is C=C(C)C(=O)Nc1ccc(-c2ncnc(N)c2-c2ccc(Oc3nccc(C)n3)c(F)c2)c(C(F)(F)F)c1. The van der Waals surface area contributed by atoms with Crippen LogP contribution in [0.25, 0.3) is 22.4 Å². The van der Waals surface area contributed by atoms with Crippen molar-refractivity contribution < 1.29 is 27.1 Å². The Labute approximate surface area is 214 Å². The first-order valence-corrected chi connectivity index (χ1v) is 11.0. The summed E-state index contributed by atoms with van der Waals surface area (Å²) in [4.78, 5) is 27.8. The summed E-state index contributed by atoms with van der Waals surface area (Å²) in [6.07, 6.45) is -2.37. The average molecular weight is 524 g/mol. The van der Waals surface area contributed by atoms with Crippen molar-refractivity contribution in [3.8, 4) is 34.1 Å². The van der Waals surface area contributed by atoms with Gasteiger partial charge < -0.3 is 15.8 Å². The van der Waals surface area contributed by atoms with Gasteiger partial charge in [0.2, 0.25) is 0 Å². The highest BCUT2D eigenvalue weighted by atomic mass is 19.4. The van der Waals surface area contributed by atoms with Crippen LogP contribution in [0.4, 0.5) is 29.1 Å². The maximum Gasteiger partial charge on any atom is 0.417 e. The van der Waals surface area contributed by atoms with Gasteiger partial charge in [0.25, 0.3) is 5.91 Å². The van der Waals surface area contributed by atoms with E-state index in [1.54, 1.807) is 13.0 Å². The monoisotopic (exact) mass is 524 g/mol. The number of alkyl halides is 3. The summed E-state index contributed by atoms with van der Waals surface area (Å²) in [6.45, 7) is 6.61. The largest absolute Gasteiger partial charge is 0.421 e. The maximum atomic E-state index is 15.0. The third-order valence-corrected chi connectivity index (χ3v) is 5.30. The minimum Gasteiger partial charge on any atom is -0.421 e. The van der Waals surface area contributed by atoms with E-state index in [0.717, 1.165) is 24.5 Å². The molecule has 0 atom stereocenters. The number of rotatable bonds is 6. The van der Waals surface area contributed by atoms with Crippen LogP contribution in [0.3, 0.4) is 0 Å². The Morgan fingerprint density at radius 3 is 2.50 bits per heavy atom. The van der Waals surface area contributed by atoms with Gasteiger partial charge in [0.15, 0.2) is 11.6 Å². The lowest BCUT2D eigenvalue weighted by molar-refractivity contribution is -0.137. The molecule has 0 radical (unpaired) electrons. The average Bonchev–Trinajstić information content (AvgIpc) is 2.84. The molecule has 4 aromatic rings. The topological polar surface area (TPSA) is 116 Å². The Bertz CT molecular complexity index is 1560. The van der Waals surface area contributed by atoms with Gasteiger partial charge in [0.05, 0.1) is 16.8 Å². The van der Waals surface area contributed by atoms with Crippen molar-refractivity contribution in [1.82, 2.24) is 19.9 Å². The zero-order chi connectivity index (χ0) is 27.6. The quantitative estimate of drug-likeness (QED) is 0.236. The first-order valence-electron chi connectivity index (χ1n) is 11.0. The van der Waals surface area contributed by atoms with Gasteiger partial charge in [-0.2, -0.15) is 13.2 Å². The van der Waals surface area contributed by atoms with Crippen LogP contribution >= 0.6 is 0 Å². The van der Waals surface area contributed by atoms with Gasteiger partial charge >= 0.3 is 12.2 Å². The van der Waals surface area contributed by atoms with Crippen molar-refractivity contribution in [3.63, 3.8) is 0 Å². The van der Waals surface area contributed by atoms with Crippen LogP contribution in [-0.2, 0) is 11.0 Å². The summed E-state index contributed by atoms with van der Waals surface area (Å²) in [5.41, 5.74) is 5.15. The van der Waals surface area contributed by atoms with Crippen molar-refractivity contribution >= 4 is 17.4 Å². The summed E-state index contributed by atoms with van der Waals surface area (Å²) in [5.74, 6) is -1.84. The molecule has 194 valence electrons. The number of carbonyl (C=O) groups excluding carboxylic acids is 1. The molecule has 0 saturated carbocycles. The van der Waals surface area contributed by atoms with Crippen LogP contribution in [0, 0.1) is 12.7 Å². The van der Waals surface area contributed by atoms with Gasteiger partial charge in [-0.15, -0.1) is 0 Å². The highest BCUT2D eigenvalue weighted by Gasteiger charge is 2.35. The number of nitrogen functional groups attached to an aromatic ring is 1. The molecule has 2 heterocycles. The van der Waals surface area contributed by atoms with E-state index in [0.29, 0.717) is 5.69 Å². The lowest BCUT2D eigenvalue weighted by atomic mass is 9.95. The molecule has 0 bridgehead atoms. The summed E-state index contributed by atoms with van der Waals surface area (Å²) in [7, 11) is 0. The molecule has 38 heavy (non-hydrogen) atoms. The number of amides is 1. The fourth-order valence-corrected chi connectivity index (χ4v) is 3.50. The predicted molar refractivity (Wildman–Crippen MR) is 133 cm³/mol. The zero-order valence-electron chi connectivity index (χ0n) is 20.1. The van der Waals surface area contributed by atoms with Crippen molar-refractivity contribution in [2.24, 2.45) is 0 Å². The molecule has 2 aromatic heterocycles. The summed E-state index contributed by atoms with van der Waals surface area (Å²) in [5, 5.41) is 2.36. The van der Waals surface area contributed by atoms with Crippen molar-refractivity contribution in [2.75, 3.05) is 11.1 Å². The van der Waals surface area contributed by atoms with Gasteiger partial charge in [0, 0.05) is 28.7 Å². The van der Waals surface area contributed by atoms with Crippen LogP contribution in [0.1, 0.15) is 18.2 Å². The van der Waals surface area contributed by atoms with Crippen LogP contribution in [0.15, 0.2) is 67.1 Å². The van der Waals surface area contributed by atoms with E-state index < -0.39 is 23.5 Å². The van der Waals surface area contributed by atoms with E-state index >= 15 is 4.39 Å². The van der Waals surface area contributed by atoms with Crippen LogP contribution in [0.2, 0.25) is 0 Å². The number of ether oxygens (including phenoxy) is 1. The number of aromatic nitrogens is 4. The lowest BCUT2D eigenvalue weighted by Gasteiger charge is -2.18. The zero-order valence-corrected chi connectivity index (χ0v) is 20.1. The minimum atomic E-state index is -4.83. The first-order chi connectivity index (χ1) is 17.9. The van der Waals surface area contributed by atoms with Crippen LogP contribution in [0.5, 0.6) is 11.8 Å². The van der Waals surface area contributed by atoms with Gasteiger partial charge in [-0.05, 0) is 49.7 Å². The van der Waals surface area contributed by atoms with E-state index in [1.165, 1.54) is 31.3 Å². The molecule has 0 aliphatic rings. The van der Waals surface area contributed by atoms with Gasteiger partial charge in [0.1, 0.15) is 12.1 Å². The Morgan fingerprint density at radius 1 is 1.08 bits per heavy atom. The van der Waals surface area contributed by atoms with Crippen molar-refractivity contribution in [2.45, 2.75) is 20.0 Å². The van der Waals surface area contributed by atoms with E-state index in [1.807, 2.05) is 0 Å². The minimum absolute atomic E-state index is 0.0195. The van der Waals surface area contributed by atoms with E-state index in [9.17, 15) is 18.0 Å². The van der Waals surface area contributed by atoms with Crippen LogP contribution < -0.4 is 15.8 Å². The number of nitrogens with zero attached hydrogens (tertiary/aromatic N) is 4. The highest BCUT2D eigenvalue weighted by Crippen LogP contribution is 2.43. The summed E-state index contributed by atoms with van der Waals surface area (Å²) < 4.78 is 62.7. The first kappa shape index (κ1) is 26.2. The van der Waals surface area contributed by atoms with Gasteiger partial charge in [-0.25, -0.2) is 24.3 Å². The van der Waals surface area contributed by atoms with E-state index in [2.05, 4.69) is 31.8 Å². The molecule has 0 aliphatic carbocycles. The number of nitrogens with two attached hydrogens (primary N) is 1. The number of anilines is 2. The normalized spacial score (nSPS) is 11.2. The van der Waals surface area contributed by atoms with E-state index in [4.69, 9.17) is 10.5 Å². The number of nitrogens with one attached hydrogen (secondary N) is 1. The van der Waals surface area contributed by atoms with Crippen LogP contribution in [-0.4, -0.2) is 25.8 Å². The third-order valence-electron chi connectivity index (χ3n) is 5.30.